The van der Waals surface area contributed by atoms with E-state index >= 15 is 0 Å². The van der Waals surface area contributed by atoms with E-state index in [0.717, 1.165) is 18.6 Å². The third-order valence-electron chi connectivity index (χ3n) is 3.20. The number of aromatic nitrogens is 1. The number of pyridine rings is 1. The number of nitrogens with zero attached hydrogens (tertiary/aromatic N) is 1. The van der Waals surface area contributed by atoms with E-state index in [-0.39, 0.29) is 5.78 Å². The van der Waals surface area contributed by atoms with Crippen molar-refractivity contribution in [1.29, 1.82) is 0 Å². The zero-order valence-corrected chi connectivity index (χ0v) is 10.3. The van der Waals surface area contributed by atoms with Gasteiger partial charge in [0.05, 0.1) is 12.3 Å². The standard InChI is InChI=1S/C14H19NO2/c1-2-14(16)13-9-8-12(10-15-13)17-11-6-4-3-5-7-11/h8-11H,2-7H2,1H3. The number of ketones is 1. The quantitative estimate of drug-likeness (QED) is 0.748. The molecule has 0 radical (unpaired) electrons. The normalized spacial score (nSPS) is 16.8. The minimum absolute atomic E-state index is 0.0780. The average Bonchev–Trinajstić information content (AvgIpc) is 2.40. The van der Waals surface area contributed by atoms with E-state index in [9.17, 15) is 4.79 Å². The number of ether oxygens (including phenoxy) is 1. The molecule has 0 spiro atoms. The Kier molecular flexibility index (Phi) is 4.13. The third kappa shape index (κ3) is 3.29. The Morgan fingerprint density at radius 2 is 2.12 bits per heavy atom. The van der Waals surface area contributed by atoms with Gasteiger partial charge in [0, 0.05) is 6.42 Å². The van der Waals surface area contributed by atoms with Crippen LogP contribution in [0.25, 0.3) is 0 Å². The van der Waals surface area contributed by atoms with Gasteiger partial charge in [-0.3, -0.25) is 4.79 Å². The lowest BCUT2D eigenvalue weighted by atomic mass is 9.98. The van der Waals surface area contributed by atoms with Crippen LogP contribution in [-0.4, -0.2) is 16.9 Å². The molecule has 1 aromatic rings. The molecule has 0 bridgehead atoms. The van der Waals surface area contributed by atoms with Crippen LogP contribution in [0, 0.1) is 0 Å². The fourth-order valence-corrected chi connectivity index (χ4v) is 2.17. The van der Waals surface area contributed by atoms with Gasteiger partial charge in [-0.25, -0.2) is 4.98 Å². The fourth-order valence-electron chi connectivity index (χ4n) is 2.17. The Morgan fingerprint density at radius 1 is 1.35 bits per heavy atom. The molecule has 1 aromatic heterocycles. The molecule has 3 heteroatoms. The highest BCUT2D eigenvalue weighted by Crippen LogP contribution is 2.22. The molecule has 0 aromatic carbocycles. The second kappa shape index (κ2) is 5.80. The summed E-state index contributed by atoms with van der Waals surface area (Å²) in [6.07, 6.45) is 8.59. The minimum atomic E-state index is 0.0780. The molecular formula is C14H19NO2. The molecule has 3 nitrogen and oxygen atoms in total. The number of Topliss-reactive ketones (excluding diaryl/α,β-unsaturated/α-hetero) is 1. The molecule has 0 N–H and O–H groups in total. The summed E-state index contributed by atoms with van der Waals surface area (Å²) in [5.74, 6) is 0.860. The minimum Gasteiger partial charge on any atom is -0.489 e. The SMILES string of the molecule is CCC(=O)c1ccc(OC2CCCCC2)cn1. The van der Waals surface area contributed by atoms with Gasteiger partial charge in [-0.05, 0) is 37.8 Å². The van der Waals surface area contributed by atoms with Crippen LogP contribution in [0.1, 0.15) is 55.9 Å². The molecule has 92 valence electrons. The van der Waals surface area contributed by atoms with Crippen LogP contribution in [0.5, 0.6) is 5.75 Å². The lowest BCUT2D eigenvalue weighted by Gasteiger charge is -2.22. The average molecular weight is 233 g/mol. The molecule has 0 saturated heterocycles. The molecule has 1 heterocycles. The van der Waals surface area contributed by atoms with Crippen LogP contribution in [-0.2, 0) is 0 Å². The van der Waals surface area contributed by atoms with E-state index in [4.69, 9.17) is 4.74 Å². The molecule has 1 fully saturated rings. The Hall–Kier alpha value is -1.38. The lowest BCUT2D eigenvalue weighted by molar-refractivity contribution is 0.0983. The summed E-state index contributed by atoms with van der Waals surface area (Å²) in [4.78, 5) is 15.6. The smallest absolute Gasteiger partial charge is 0.180 e. The van der Waals surface area contributed by atoms with Gasteiger partial charge in [0.25, 0.3) is 0 Å². The molecular weight excluding hydrogens is 214 g/mol. The first-order chi connectivity index (χ1) is 8.29. The molecule has 1 aliphatic rings. The van der Waals surface area contributed by atoms with Crippen molar-refractivity contribution in [3.8, 4) is 5.75 Å². The van der Waals surface area contributed by atoms with Crippen LogP contribution < -0.4 is 4.74 Å². The van der Waals surface area contributed by atoms with Gasteiger partial charge < -0.3 is 4.74 Å². The number of hydrogen-bond donors (Lipinski definition) is 0. The van der Waals surface area contributed by atoms with Gasteiger partial charge in [-0.15, -0.1) is 0 Å². The zero-order valence-electron chi connectivity index (χ0n) is 10.3. The molecule has 0 amide bonds. The van der Waals surface area contributed by atoms with Gasteiger partial charge in [-0.2, -0.15) is 0 Å². The second-order valence-corrected chi connectivity index (χ2v) is 4.53. The second-order valence-electron chi connectivity index (χ2n) is 4.53. The van der Waals surface area contributed by atoms with Crippen molar-refractivity contribution in [2.45, 2.75) is 51.6 Å². The lowest BCUT2D eigenvalue weighted by Crippen LogP contribution is -2.19. The topological polar surface area (TPSA) is 39.2 Å². The first kappa shape index (κ1) is 12.1. The Balaban J connectivity index is 1.95. The summed E-state index contributed by atoms with van der Waals surface area (Å²) >= 11 is 0. The van der Waals surface area contributed by atoms with Crippen molar-refractivity contribution in [1.82, 2.24) is 4.98 Å². The van der Waals surface area contributed by atoms with Gasteiger partial charge in [-0.1, -0.05) is 13.3 Å². The summed E-state index contributed by atoms with van der Waals surface area (Å²) < 4.78 is 5.85. The predicted molar refractivity (Wildman–Crippen MR) is 66.4 cm³/mol. The molecule has 2 rings (SSSR count). The van der Waals surface area contributed by atoms with Crippen molar-refractivity contribution < 1.29 is 9.53 Å². The number of hydrogen-bond acceptors (Lipinski definition) is 3. The maximum absolute atomic E-state index is 11.4. The highest BCUT2D eigenvalue weighted by atomic mass is 16.5. The summed E-state index contributed by atoms with van der Waals surface area (Å²) in [6, 6.07) is 3.61. The van der Waals surface area contributed by atoms with Crippen LogP contribution >= 0.6 is 0 Å². The first-order valence-electron chi connectivity index (χ1n) is 6.45. The summed E-state index contributed by atoms with van der Waals surface area (Å²) in [6.45, 7) is 1.84. The molecule has 0 atom stereocenters. The van der Waals surface area contributed by atoms with E-state index < -0.39 is 0 Å². The Bertz CT molecular complexity index is 366. The maximum atomic E-state index is 11.4. The largest absolute Gasteiger partial charge is 0.489 e. The van der Waals surface area contributed by atoms with E-state index in [2.05, 4.69) is 4.98 Å². The Labute approximate surface area is 102 Å². The fraction of sp³-hybridized carbons (Fsp3) is 0.571. The van der Waals surface area contributed by atoms with E-state index in [1.165, 1.54) is 19.3 Å². The number of rotatable bonds is 4. The molecule has 1 saturated carbocycles. The number of carbonyl (C=O) groups excluding carboxylic acids is 1. The molecule has 0 unspecified atom stereocenters. The highest BCUT2D eigenvalue weighted by Gasteiger charge is 2.15. The van der Waals surface area contributed by atoms with Crippen molar-refractivity contribution >= 4 is 5.78 Å². The summed E-state index contributed by atoms with van der Waals surface area (Å²) in [5.41, 5.74) is 0.531. The van der Waals surface area contributed by atoms with Crippen LogP contribution in [0.2, 0.25) is 0 Å². The van der Waals surface area contributed by atoms with Gasteiger partial charge in [0.15, 0.2) is 5.78 Å². The first-order valence-corrected chi connectivity index (χ1v) is 6.45. The highest BCUT2D eigenvalue weighted by molar-refractivity contribution is 5.93. The summed E-state index contributed by atoms with van der Waals surface area (Å²) in [7, 11) is 0. The predicted octanol–water partition coefficient (Wildman–Crippen LogP) is 3.39. The van der Waals surface area contributed by atoms with Crippen LogP contribution in [0.3, 0.4) is 0 Å². The van der Waals surface area contributed by atoms with E-state index in [1.807, 2.05) is 13.0 Å². The van der Waals surface area contributed by atoms with E-state index in [0.29, 0.717) is 18.2 Å². The van der Waals surface area contributed by atoms with E-state index in [1.54, 1.807) is 12.3 Å². The zero-order chi connectivity index (χ0) is 12.1. The molecule has 0 aliphatic heterocycles. The van der Waals surface area contributed by atoms with Gasteiger partial charge in [0.1, 0.15) is 11.4 Å². The summed E-state index contributed by atoms with van der Waals surface area (Å²) in [5, 5.41) is 0. The van der Waals surface area contributed by atoms with Gasteiger partial charge in [0.2, 0.25) is 0 Å². The van der Waals surface area contributed by atoms with Crippen LogP contribution in [0.15, 0.2) is 18.3 Å². The third-order valence-corrected chi connectivity index (χ3v) is 3.20. The monoisotopic (exact) mass is 233 g/mol. The molecule has 17 heavy (non-hydrogen) atoms. The van der Waals surface area contributed by atoms with Gasteiger partial charge >= 0.3 is 0 Å². The molecule has 1 aliphatic carbocycles. The van der Waals surface area contributed by atoms with Crippen LogP contribution in [0.4, 0.5) is 0 Å². The maximum Gasteiger partial charge on any atom is 0.180 e. The number of carbonyl (C=O) groups is 1. The van der Waals surface area contributed by atoms with Crippen molar-refractivity contribution in [2.75, 3.05) is 0 Å². The van der Waals surface area contributed by atoms with Crippen molar-refractivity contribution in [3.63, 3.8) is 0 Å². The van der Waals surface area contributed by atoms with Crippen molar-refractivity contribution in [3.05, 3.63) is 24.0 Å². The Morgan fingerprint density at radius 3 is 2.71 bits per heavy atom. The van der Waals surface area contributed by atoms with Crippen molar-refractivity contribution in [2.24, 2.45) is 0 Å².